The Labute approximate surface area is 117 Å². The zero-order chi connectivity index (χ0) is 13.8. The molecule has 1 N–H and O–H groups in total. The van der Waals surface area contributed by atoms with E-state index in [1.165, 1.54) is 16.8 Å². The number of rotatable bonds is 5. The second-order valence-electron chi connectivity index (χ2n) is 3.76. The van der Waals surface area contributed by atoms with Crippen molar-refractivity contribution in [3.8, 4) is 5.69 Å². The molecule has 0 spiro atoms. The average Bonchev–Trinajstić information content (AvgIpc) is 2.82. The van der Waals surface area contributed by atoms with Gasteiger partial charge < -0.3 is 10.1 Å². The quantitative estimate of drug-likeness (QED) is 0.676. The Morgan fingerprint density at radius 1 is 1.37 bits per heavy atom. The van der Waals surface area contributed by atoms with Crippen LogP contribution in [0.1, 0.15) is 0 Å². The molecule has 102 valence electrons. The van der Waals surface area contributed by atoms with E-state index in [0.717, 1.165) is 6.07 Å². The summed E-state index contributed by atoms with van der Waals surface area (Å²) in [7, 11) is 1.59. The summed E-state index contributed by atoms with van der Waals surface area (Å²) in [6.45, 7) is 1.04. The van der Waals surface area contributed by atoms with Gasteiger partial charge >= 0.3 is 0 Å². The summed E-state index contributed by atoms with van der Waals surface area (Å²) in [5.41, 5.74) is 0.214. The first-order chi connectivity index (χ1) is 9.13. The van der Waals surface area contributed by atoms with Crippen LogP contribution in [-0.2, 0) is 4.74 Å². The molecule has 0 fully saturated rings. The molecule has 0 saturated heterocycles. The van der Waals surface area contributed by atoms with Crippen molar-refractivity contribution in [1.82, 2.24) is 9.55 Å². The number of nitrogens with zero attached hydrogens (tertiary/aromatic N) is 2. The van der Waals surface area contributed by atoms with Gasteiger partial charge in [0.05, 0.1) is 16.8 Å². The third kappa shape index (κ3) is 3.10. The van der Waals surface area contributed by atoms with E-state index < -0.39 is 11.6 Å². The third-order valence-corrected chi connectivity index (χ3v) is 3.09. The number of nitrogens with one attached hydrogen (secondary N) is 1. The zero-order valence-electron chi connectivity index (χ0n) is 10.2. The van der Waals surface area contributed by atoms with Gasteiger partial charge in [0.25, 0.3) is 0 Å². The molecule has 1 heterocycles. The van der Waals surface area contributed by atoms with Crippen molar-refractivity contribution in [2.45, 2.75) is 0 Å². The average molecular weight is 332 g/mol. The van der Waals surface area contributed by atoms with Crippen LogP contribution in [0.25, 0.3) is 5.69 Å². The van der Waals surface area contributed by atoms with Crippen molar-refractivity contribution in [3.63, 3.8) is 0 Å². The van der Waals surface area contributed by atoms with Gasteiger partial charge in [-0.1, -0.05) is 0 Å². The molecular formula is C12H12BrF2N3O. The molecule has 7 heteroatoms. The molecule has 0 atom stereocenters. The number of anilines is 1. The van der Waals surface area contributed by atoms with E-state index in [4.69, 9.17) is 4.74 Å². The van der Waals surface area contributed by atoms with Crippen molar-refractivity contribution in [3.05, 3.63) is 40.6 Å². The number of hydrogen-bond donors (Lipinski definition) is 1. The summed E-state index contributed by atoms with van der Waals surface area (Å²) in [5.74, 6) is -0.835. The molecule has 1 aromatic carbocycles. The molecule has 4 nitrogen and oxygen atoms in total. The predicted octanol–water partition coefficient (Wildman–Crippen LogP) is 2.97. The topological polar surface area (TPSA) is 39.1 Å². The summed E-state index contributed by atoms with van der Waals surface area (Å²) in [6.07, 6.45) is 3.13. The number of benzene rings is 1. The monoisotopic (exact) mass is 331 g/mol. The van der Waals surface area contributed by atoms with Crippen LogP contribution in [0.15, 0.2) is 29.0 Å². The highest BCUT2D eigenvalue weighted by Crippen LogP contribution is 2.24. The molecule has 0 aliphatic carbocycles. The second kappa shape index (κ2) is 6.12. The van der Waals surface area contributed by atoms with Crippen molar-refractivity contribution in [2.24, 2.45) is 0 Å². The normalized spacial score (nSPS) is 10.7. The summed E-state index contributed by atoms with van der Waals surface area (Å²) in [5, 5.41) is 3.01. The molecule has 1 aromatic heterocycles. The largest absolute Gasteiger partial charge is 0.383 e. The predicted molar refractivity (Wildman–Crippen MR) is 71.5 cm³/mol. The fourth-order valence-electron chi connectivity index (χ4n) is 1.59. The van der Waals surface area contributed by atoms with Gasteiger partial charge in [0.1, 0.15) is 11.6 Å². The lowest BCUT2D eigenvalue weighted by atomic mass is 10.3. The van der Waals surface area contributed by atoms with E-state index in [2.05, 4.69) is 26.2 Å². The first-order valence-electron chi connectivity index (χ1n) is 5.54. The first kappa shape index (κ1) is 14.0. The summed E-state index contributed by atoms with van der Waals surface area (Å²) < 4.78 is 33.6. The van der Waals surface area contributed by atoms with Gasteiger partial charge in [0.2, 0.25) is 5.95 Å². The highest BCUT2D eigenvalue weighted by atomic mass is 79.9. The van der Waals surface area contributed by atoms with E-state index in [9.17, 15) is 8.78 Å². The molecule has 0 unspecified atom stereocenters. The smallest absolute Gasteiger partial charge is 0.207 e. The standard InChI is InChI=1S/C12H12BrF2N3O/c1-19-5-3-17-12-16-2-4-18(12)11-6-8(13)9(14)7-10(11)15/h2,4,6-7H,3,5H2,1H3,(H,16,17). The fourth-order valence-corrected chi connectivity index (χ4v) is 1.92. The third-order valence-electron chi connectivity index (χ3n) is 2.48. The molecule has 0 aliphatic heterocycles. The van der Waals surface area contributed by atoms with Crippen LogP contribution >= 0.6 is 15.9 Å². The molecule has 19 heavy (non-hydrogen) atoms. The van der Waals surface area contributed by atoms with Crippen LogP contribution in [0.5, 0.6) is 0 Å². The van der Waals surface area contributed by atoms with E-state index in [1.807, 2.05) is 0 Å². The Balaban J connectivity index is 2.32. The lowest BCUT2D eigenvalue weighted by Crippen LogP contribution is -2.12. The molecule has 0 saturated carbocycles. The molecule has 0 aliphatic rings. The molecule has 2 aromatic rings. The van der Waals surface area contributed by atoms with E-state index >= 15 is 0 Å². The van der Waals surface area contributed by atoms with Crippen molar-refractivity contribution in [1.29, 1.82) is 0 Å². The van der Waals surface area contributed by atoms with Gasteiger partial charge in [0, 0.05) is 32.1 Å². The minimum Gasteiger partial charge on any atom is -0.383 e. The maximum absolute atomic E-state index is 13.8. The Hall–Kier alpha value is -1.47. The lowest BCUT2D eigenvalue weighted by molar-refractivity contribution is 0.210. The zero-order valence-corrected chi connectivity index (χ0v) is 11.7. The number of ether oxygens (including phenoxy) is 1. The Kier molecular flexibility index (Phi) is 4.49. The molecule has 0 bridgehead atoms. The van der Waals surface area contributed by atoms with Gasteiger partial charge in [-0.15, -0.1) is 0 Å². The maximum Gasteiger partial charge on any atom is 0.207 e. The Morgan fingerprint density at radius 3 is 2.89 bits per heavy atom. The van der Waals surface area contributed by atoms with Crippen LogP contribution in [-0.4, -0.2) is 29.8 Å². The van der Waals surface area contributed by atoms with Crippen LogP contribution in [0.2, 0.25) is 0 Å². The SMILES string of the molecule is COCCNc1nccn1-c1cc(Br)c(F)cc1F. The van der Waals surface area contributed by atoms with Gasteiger partial charge in [-0.05, 0) is 22.0 Å². The van der Waals surface area contributed by atoms with Crippen molar-refractivity contribution in [2.75, 3.05) is 25.6 Å². The van der Waals surface area contributed by atoms with Crippen LogP contribution in [0.4, 0.5) is 14.7 Å². The van der Waals surface area contributed by atoms with Gasteiger partial charge in [0.15, 0.2) is 0 Å². The fraction of sp³-hybridized carbons (Fsp3) is 0.250. The van der Waals surface area contributed by atoms with Gasteiger partial charge in [-0.3, -0.25) is 4.57 Å². The molecular weight excluding hydrogens is 320 g/mol. The highest BCUT2D eigenvalue weighted by Gasteiger charge is 2.12. The van der Waals surface area contributed by atoms with E-state index in [-0.39, 0.29) is 10.2 Å². The summed E-state index contributed by atoms with van der Waals surface area (Å²) in [4.78, 5) is 4.08. The summed E-state index contributed by atoms with van der Waals surface area (Å²) in [6, 6.07) is 2.20. The number of halogens is 3. The van der Waals surface area contributed by atoms with Gasteiger partial charge in [-0.2, -0.15) is 0 Å². The maximum atomic E-state index is 13.8. The minimum absolute atomic E-state index is 0.195. The number of imidazole rings is 1. The van der Waals surface area contributed by atoms with Crippen LogP contribution in [0.3, 0.4) is 0 Å². The van der Waals surface area contributed by atoms with Gasteiger partial charge in [-0.25, -0.2) is 13.8 Å². The number of methoxy groups -OCH3 is 1. The first-order valence-corrected chi connectivity index (χ1v) is 6.34. The van der Waals surface area contributed by atoms with Crippen molar-refractivity contribution < 1.29 is 13.5 Å². The molecule has 0 radical (unpaired) electrons. The van der Waals surface area contributed by atoms with E-state index in [1.54, 1.807) is 13.3 Å². The number of aromatic nitrogens is 2. The van der Waals surface area contributed by atoms with Crippen molar-refractivity contribution >= 4 is 21.9 Å². The minimum atomic E-state index is -0.659. The molecule has 0 amide bonds. The van der Waals surface area contributed by atoms with Crippen LogP contribution < -0.4 is 5.32 Å². The molecule has 2 rings (SSSR count). The lowest BCUT2D eigenvalue weighted by Gasteiger charge is -2.11. The van der Waals surface area contributed by atoms with Crippen LogP contribution in [0, 0.1) is 11.6 Å². The number of hydrogen-bond acceptors (Lipinski definition) is 3. The Bertz CT molecular complexity index is 574. The van der Waals surface area contributed by atoms with E-state index in [0.29, 0.717) is 19.1 Å². The summed E-state index contributed by atoms with van der Waals surface area (Å²) >= 11 is 3.04. The second-order valence-corrected chi connectivity index (χ2v) is 4.61. The highest BCUT2D eigenvalue weighted by molar-refractivity contribution is 9.10. The Morgan fingerprint density at radius 2 is 2.16 bits per heavy atom.